The Morgan fingerprint density at radius 2 is 1.66 bits per heavy atom. The van der Waals surface area contributed by atoms with Crippen molar-refractivity contribution in [3.8, 4) is 0 Å². The number of cyclic esters (lactones) is 1. The first kappa shape index (κ1) is 48.8. The Hall–Kier alpha value is -4.24. The summed E-state index contributed by atoms with van der Waals surface area (Å²) in [5.41, 5.74) is -0.595. The smallest absolute Gasteiger partial charge is 0.338 e. The van der Waals surface area contributed by atoms with Gasteiger partial charge in [-0.05, 0) is 105 Å². The summed E-state index contributed by atoms with van der Waals surface area (Å²) in [6.07, 6.45) is -0.348. The highest BCUT2D eigenvalue weighted by atomic mass is 16.7. The summed E-state index contributed by atoms with van der Waals surface area (Å²) in [7, 11) is 5.38. The fourth-order valence-electron chi connectivity index (χ4n) is 9.63. The van der Waals surface area contributed by atoms with Gasteiger partial charge in [-0.2, -0.15) is 0 Å². The number of carbonyl (C=O) groups excluding carboxylic acids is 3. The number of benzene rings is 2. The summed E-state index contributed by atoms with van der Waals surface area (Å²) in [4.78, 5) is 48.2. The van der Waals surface area contributed by atoms with E-state index in [1.54, 1.807) is 63.6 Å². The lowest BCUT2D eigenvalue weighted by Gasteiger charge is -2.48. The van der Waals surface area contributed by atoms with E-state index in [0.717, 1.165) is 5.57 Å². The minimum absolute atomic E-state index is 0.0343. The molecule has 0 saturated carbocycles. The van der Waals surface area contributed by atoms with Crippen LogP contribution in [0.1, 0.15) is 102 Å². The maximum absolute atomic E-state index is 14.5. The maximum atomic E-state index is 14.5. The molecule has 3 aromatic rings. The summed E-state index contributed by atoms with van der Waals surface area (Å²) >= 11 is 0. The fraction of sp³-hybridized carbons (Fsp3) is 0.592. The van der Waals surface area contributed by atoms with Crippen LogP contribution in [0, 0.1) is 23.7 Å². The lowest BCUT2D eigenvalue weighted by Crippen LogP contribution is -2.60. The molecule has 0 radical (unpaired) electrons. The van der Waals surface area contributed by atoms with Crippen molar-refractivity contribution in [1.82, 2.24) is 9.88 Å². The molecule has 3 heterocycles. The zero-order valence-corrected chi connectivity index (χ0v) is 38.3. The molecule has 5 rings (SSSR count). The minimum Gasteiger partial charge on any atom is -0.462 e. The van der Waals surface area contributed by atoms with E-state index in [1.165, 1.54) is 0 Å². The van der Waals surface area contributed by atoms with Crippen molar-refractivity contribution >= 4 is 28.8 Å². The number of hydrogen-bond acceptors (Lipinski definition) is 13. The van der Waals surface area contributed by atoms with Crippen LogP contribution in [0.25, 0.3) is 10.9 Å². The van der Waals surface area contributed by atoms with Gasteiger partial charge in [0.05, 0.1) is 47.0 Å². The molecule has 13 nitrogen and oxygen atoms in total. The van der Waals surface area contributed by atoms with Gasteiger partial charge in [-0.15, -0.1) is 0 Å². The van der Waals surface area contributed by atoms with Gasteiger partial charge in [0.25, 0.3) is 0 Å². The predicted octanol–water partition coefficient (Wildman–Crippen LogP) is 7.17. The third kappa shape index (κ3) is 11.1. The van der Waals surface area contributed by atoms with Gasteiger partial charge < -0.3 is 43.5 Å². The summed E-state index contributed by atoms with van der Waals surface area (Å²) in [5.74, 6) is -4.47. The number of esters is 3. The van der Waals surface area contributed by atoms with E-state index in [2.05, 4.69) is 11.1 Å². The molecule has 1 aromatic heterocycles. The largest absolute Gasteiger partial charge is 0.462 e. The molecule has 0 spiro atoms. The molecule has 340 valence electrons. The van der Waals surface area contributed by atoms with Crippen LogP contribution < -0.4 is 0 Å². The average molecular weight is 861 g/mol. The molecule has 2 N–H and O–H groups in total. The number of pyridine rings is 1. The molecular formula is C49H68N2O11. The fourth-order valence-corrected chi connectivity index (χ4v) is 9.63. The van der Waals surface area contributed by atoms with E-state index >= 15 is 0 Å². The van der Waals surface area contributed by atoms with Crippen molar-refractivity contribution in [3.05, 3.63) is 89.6 Å². The topological polar surface area (TPSA) is 163 Å². The average Bonchev–Trinajstić information content (AvgIpc) is 3.24. The Morgan fingerprint density at radius 3 is 2.32 bits per heavy atom. The van der Waals surface area contributed by atoms with Gasteiger partial charge >= 0.3 is 17.9 Å². The zero-order chi connectivity index (χ0) is 45.5. The third-order valence-electron chi connectivity index (χ3n) is 13.1. The molecule has 62 heavy (non-hydrogen) atoms. The summed E-state index contributed by atoms with van der Waals surface area (Å²) in [5, 5.41) is 24.9. The summed E-state index contributed by atoms with van der Waals surface area (Å²) in [6.45, 7) is 14.7. The monoisotopic (exact) mass is 860 g/mol. The number of fused-ring (bicyclic) bond motifs is 1. The standard InChI is InChI=1S/C49H68N2O11/c1-12-40-49(8,56)37(23-25-58-46(55)36-22-24-50-38-21-17-16-20-35(36)38)30(3)26-29(2)28-48(7,57-11)43(62-47-41(52)39(51(9)10)27-31(4)59-47)32(5)42(33(6)44(53)60-40)61-45(54)34-18-14-13-15-19-34/h13-22,24,26,29,31-33,37,39-43,47,52,56H,12,23,25,27-28H2,1-11H3/b30-26-/t29-,31+,32-,33+,37+,39-,40+,41+,42+,43+,47-,48+,49-/m0/s1. The van der Waals surface area contributed by atoms with E-state index in [-0.39, 0.29) is 37.5 Å². The van der Waals surface area contributed by atoms with Crippen LogP contribution in [0.4, 0.5) is 0 Å². The van der Waals surface area contributed by atoms with E-state index in [9.17, 15) is 24.6 Å². The highest BCUT2D eigenvalue weighted by Gasteiger charge is 2.51. The van der Waals surface area contributed by atoms with Crippen molar-refractivity contribution in [2.75, 3.05) is 27.8 Å². The van der Waals surface area contributed by atoms with Crippen LogP contribution in [0.2, 0.25) is 0 Å². The van der Waals surface area contributed by atoms with Gasteiger partial charge in [0.1, 0.15) is 23.9 Å². The van der Waals surface area contributed by atoms with Crippen molar-refractivity contribution in [1.29, 1.82) is 0 Å². The van der Waals surface area contributed by atoms with E-state index < -0.39 is 77.6 Å². The highest BCUT2D eigenvalue weighted by Crippen LogP contribution is 2.41. The van der Waals surface area contributed by atoms with Gasteiger partial charge in [0.2, 0.25) is 0 Å². The van der Waals surface area contributed by atoms with Crippen LogP contribution in [-0.4, -0.2) is 120 Å². The molecule has 2 aromatic carbocycles. The quantitative estimate of drug-likeness (QED) is 0.114. The molecule has 0 amide bonds. The number of carbonyl (C=O) groups is 3. The SMILES string of the molecule is CC[C@H]1OC(=O)[C@H](C)[C@H](OC(=O)c2ccccc2)[C@H](C)[C@@H](O[C@@H]2O[C@H](C)C[C@H](N(C)C)[C@H]2O)[C@](C)(OC)C[C@@H](C)/C=C(/C)[C@@H](CCOC(=O)c2ccnc3ccccc23)[C@]1(C)O. The number of rotatable bonds is 11. The van der Waals surface area contributed by atoms with E-state index in [1.807, 2.05) is 84.8 Å². The molecule has 2 aliphatic heterocycles. The lowest BCUT2D eigenvalue weighted by molar-refractivity contribution is -0.301. The maximum Gasteiger partial charge on any atom is 0.338 e. The Balaban J connectivity index is 1.56. The first-order valence-electron chi connectivity index (χ1n) is 21.9. The number of aliphatic hydroxyl groups is 2. The Labute approximate surface area is 367 Å². The van der Waals surface area contributed by atoms with E-state index in [0.29, 0.717) is 34.9 Å². The molecule has 0 unspecified atom stereocenters. The number of para-hydroxylation sites is 1. The van der Waals surface area contributed by atoms with E-state index in [4.69, 9.17) is 28.4 Å². The number of aromatic nitrogens is 1. The third-order valence-corrected chi connectivity index (χ3v) is 13.1. The molecule has 1 saturated heterocycles. The molecule has 0 bridgehead atoms. The van der Waals surface area contributed by atoms with Crippen molar-refractivity contribution in [2.45, 2.75) is 135 Å². The van der Waals surface area contributed by atoms with Crippen LogP contribution in [0.15, 0.2) is 78.5 Å². The van der Waals surface area contributed by atoms with Gasteiger partial charge in [-0.3, -0.25) is 9.78 Å². The number of likely N-dealkylation sites (N-methyl/N-ethyl adjacent to an activating group) is 1. The van der Waals surface area contributed by atoms with Gasteiger partial charge in [-0.25, -0.2) is 9.59 Å². The second kappa shape index (κ2) is 21.0. The Kier molecular flexibility index (Phi) is 16.5. The lowest BCUT2D eigenvalue weighted by atomic mass is 9.74. The van der Waals surface area contributed by atoms with Crippen LogP contribution in [0.5, 0.6) is 0 Å². The molecule has 1 fully saturated rings. The molecular weight excluding hydrogens is 793 g/mol. The zero-order valence-electron chi connectivity index (χ0n) is 38.3. The van der Waals surface area contributed by atoms with Crippen LogP contribution in [-0.2, 0) is 33.2 Å². The summed E-state index contributed by atoms with van der Waals surface area (Å²) < 4.78 is 38.0. The van der Waals surface area contributed by atoms with Crippen molar-refractivity contribution in [3.63, 3.8) is 0 Å². The Morgan fingerprint density at radius 1 is 0.984 bits per heavy atom. The number of ether oxygens (including phenoxy) is 6. The number of nitrogens with zero attached hydrogens (tertiary/aromatic N) is 2. The highest BCUT2D eigenvalue weighted by molar-refractivity contribution is 6.03. The second-order valence-corrected chi connectivity index (χ2v) is 18.0. The number of aliphatic hydroxyl groups excluding tert-OH is 1. The summed E-state index contributed by atoms with van der Waals surface area (Å²) in [6, 6.07) is 17.2. The molecule has 13 heteroatoms. The predicted molar refractivity (Wildman–Crippen MR) is 235 cm³/mol. The molecule has 2 aliphatic rings. The first-order chi connectivity index (χ1) is 29.3. The van der Waals surface area contributed by atoms with Gasteiger partial charge in [0.15, 0.2) is 6.29 Å². The molecule has 0 aliphatic carbocycles. The van der Waals surface area contributed by atoms with Crippen LogP contribution in [0.3, 0.4) is 0 Å². The van der Waals surface area contributed by atoms with Crippen LogP contribution >= 0.6 is 0 Å². The van der Waals surface area contributed by atoms with Gasteiger partial charge in [0, 0.05) is 36.6 Å². The minimum atomic E-state index is -1.63. The van der Waals surface area contributed by atoms with Crippen molar-refractivity contribution in [2.24, 2.45) is 23.7 Å². The number of allylic oxidation sites excluding steroid dienone is 1. The normalized spacial score (nSPS) is 34.7. The van der Waals surface area contributed by atoms with Gasteiger partial charge in [-0.1, -0.05) is 68.8 Å². The number of methoxy groups -OCH3 is 1. The second-order valence-electron chi connectivity index (χ2n) is 18.0. The van der Waals surface area contributed by atoms with Crippen molar-refractivity contribution < 1.29 is 53.0 Å². The number of hydrogen-bond donors (Lipinski definition) is 2. The molecule has 13 atom stereocenters. The first-order valence-corrected chi connectivity index (χ1v) is 21.9. The Bertz CT molecular complexity index is 2000.